The first-order valence-corrected chi connectivity index (χ1v) is 6.29. The molecule has 0 saturated carbocycles. The zero-order valence-electron chi connectivity index (χ0n) is 9.00. The SMILES string of the molecule is Cn1cccc1CNC(=O)CCCCBr. The van der Waals surface area contributed by atoms with Crippen LogP contribution in [-0.2, 0) is 18.4 Å². The second-order valence-electron chi connectivity index (χ2n) is 3.53. The van der Waals surface area contributed by atoms with Crippen LogP contribution in [-0.4, -0.2) is 15.8 Å². The second-order valence-corrected chi connectivity index (χ2v) is 4.33. The quantitative estimate of drug-likeness (QED) is 0.625. The van der Waals surface area contributed by atoms with Crippen LogP contribution in [0.5, 0.6) is 0 Å². The van der Waals surface area contributed by atoms with Crippen LogP contribution in [0.1, 0.15) is 25.0 Å². The molecule has 1 rings (SSSR count). The molecule has 1 amide bonds. The molecule has 0 unspecified atom stereocenters. The van der Waals surface area contributed by atoms with Gasteiger partial charge in [-0.25, -0.2) is 0 Å². The van der Waals surface area contributed by atoms with E-state index in [9.17, 15) is 4.79 Å². The summed E-state index contributed by atoms with van der Waals surface area (Å²) in [6, 6.07) is 3.99. The highest BCUT2D eigenvalue weighted by atomic mass is 79.9. The third-order valence-electron chi connectivity index (χ3n) is 2.31. The predicted octanol–water partition coefficient (Wildman–Crippen LogP) is 2.21. The maximum absolute atomic E-state index is 11.4. The number of alkyl halides is 1. The molecular weight excluding hydrogens is 256 g/mol. The predicted molar refractivity (Wildman–Crippen MR) is 64.9 cm³/mol. The molecule has 0 aliphatic heterocycles. The van der Waals surface area contributed by atoms with Crippen molar-refractivity contribution in [3.63, 3.8) is 0 Å². The standard InChI is InChI=1S/C11H17BrN2O/c1-14-8-4-5-10(14)9-13-11(15)6-2-3-7-12/h4-5,8H,2-3,6-7,9H2,1H3,(H,13,15). The van der Waals surface area contributed by atoms with Crippen molar-refractivity contribution in [2.45, 2.75) is 25.8 Å². The number of amides is 1. The maximum atomic E-state index is 11.4. The summed E-state index contributed by atoms with van der Waals surface area (Å²) in [5, 5.41) is 3.88. The van der Waals surface area contributed by atoms with Crippen molar-refractivity contribution in [2.24, 2.45) is 7.05 Å². The Hall–Kier alpha value is -0.770. The summed E-state index contributed by atoms with van der Waals surface area (Å²) >= 11 is 3.34. The van der Waals surface area contributed by atoms with E-state index in [2.05, 4.69) is 21.2 Å². The molecule has 1 N–H and O–H groups in total. The van der Waals surface area contributed by atoms with Gasteiger partial charge in [0.15, 0.2) is 0 Å². The van der Waals surface area contributed by atoms with Crippen molar-refractivity contribution in [3.8, 4) is 0 Å². The average Bonchev–Trinajstić information content (AvgIpc) is 2.61. The van der Waals surface area contributed by atoms with E-state index < -0.39 is 0 Å². The normalized spacial score (nSPS) is 10.3. The molecular formula is C11H17BrN2O. The molecule has 0 aromatic carbocycles. The highest BCUT2D eigenvalue weighted by Gasteiger charge is 2.02. The fourth-order valence-corrected chi connectivity index (χ4v) is 1.73. The molecule has 15 heavy (non-hydrogen) atoms. The first-order valence-electron chi connectivity index (χ1n) is 5.17. The molecule has 0 saturated heterocycles. The van der Waals surface area contributed by atoms with E-state index in [1.165, 1.54) is 0 Å². The Morgan fingerprint density at radius 3 is 2.93 bits per heavy atom. The number of rotatable bonds is 6. The number of hydrogen-bond donors (Lipinski definition) is 1. The van der Waals surface area contributed by atoms with Crippen LogP contribution in [0.2, 0.25) is 0 Å². The molecule has 0 aliphatic rings. The second kappa shape index (κ2) is 6.67. The Balaban J connectivity index is 2.20. The largest absolute Gasteiger partial charge is 0.353 e. The third kappa shape index (κ3) is 4.51. The third-order valence-corrected chi connectivity index (χ3v) is 2.87. The molecule has 4 heteroatoms. The fourth-order valence-electron chi connectivity index (χ4n) is 1.34. The maximum Gasteiger partial charge on any atom is 0.220 e. The summed E-state index contributed by atoms with van der Waals surface area (Å²) in [5.41, 5.74) is 1.13. The Morgan fingerprint density at radius 2 is 2.33 bits per heavy atom. The molecule has 84 valence electrons. The highest BCUT2D eigenvalue weighted by Crippen LogP contribution is 2.01. The van der Waals surface area contributed by atoms with E-state index in [1.807, 2.05) is 29.9 Å². The lowest BCUT2D eigenvalue weighted by Crippen LogP contribution is -2.23. The van der Waals surface area contributed by atoms with Crippen LogP contribution < -0.4 is 5.32 Å². The number of aromatic nitrogens is 1. The van der Waals surface area contributed by atoms with Crippen molar-refractivity contribution in [1.29, 1.82) is 0 Å². The number of carbonyl (C=O) groups is 1. The van der Waals surface area contributed by atoms with Gasteiger partial charge in [-0.05, 0) is 25.0 Å². The molecule has 0 spiro atoms. The summed E-state index contributed by atoms with van der Waals surface area (Å²) in [6.07, 6.45) is 4.60. The average molecular weight is 273 g/mol. The smallest absolute Gasteiger partial charge is 0.220 e. The lowest BCUT2D eigenvalue weighted by atomic mass is 10.2. The van der Waals surface area contributed by atoms with Gasteiger partial charge in [-0.1, -0.05) is 15.9 Å². The van der Waals surface area contributed by atoms with E-state index in [1.54, 1.807) is 0 Å². The Labute approximate surface area is 99.0 Å². The van der Waals surface area contributed by atoms with Gasteiger partial charge in [0.1, 0.15) is 0 Å². The van der Waals surface area contributed by atoms with Gasteiger partial charge < -0.3 is 9.88 Å². The van der Waals surface area contributed by atoms with E-state index in [4.69, 9.17) is 0 Å². The summed E-state index contributed by atoms with van der Waals surface area (Å²) in [5.74, 6) is 0.136. The molecule has 1 aromatic heterocycles. The lowest BCUT2D eigenvalue weighted by molar-refractivity contribution is -0.121. The topological polar surface area (TPSA) is 34.0 Å². The van der Waals surface area contributed by atoms with Gasteiger partial charge in [-0.2, -0.15) is 0 Å². The molecule has 0 bridgehead atoms. The van der Waals surface area contributed by atoms with Crippen LogP contribution in [0, 0.1) is 0 Å². The number of carbonyl (C=O) groups excluding carboxylic acids is 1. The van der Waals surface area contributed by atoms with Crippen molar-refractivity contribution in [1.82, 2.24) is 9.88 Å². The summed E-state index contributed by atoms with van der Waals surface area (Å²) in [6.45, 7) is 0.622. The first kappa shape index (κ1) is 12.3. The molecule has 3 nitrogen and oxygen atoms in total. The summed E-state index contributed by atoms with van der Waals surface area (Å²) < 4.78 is 2.01. The molecule has 0 radical (unpaired) electrons. The zero-order chi connectivity index (χ0) is 11.1. The van der Waals surface area contributed by atoms with Crippen LogP contribution in [0.4, 0.5) is 0 Å². The number of nitrogens with one attached hydrogen (secondary N) is 1. The molecule has 1 heterocycles. The van der Waals surface area contributed by atoms with Gasteiger partial charge in [0.25, 0.3) is 0 Å². The van der Waals surface area contributed by atoms with Crippen molar-refractivity contribution in [2.75, 3.05) is 5.33 Å². The van der Waals surface area contributed by atoms with Crippen LogP contribution in [0.25, 0.3) is 0 Å². The summed E-state index contributed by atoms with van der Waals surface area (Å²) in [7, 11) is 1.98. The fraction of sp³-hybridized carbons (Fsp3) is 0.545. The number of unbranched alkanes of at least 4 members (excludes halogenated alkanes) is 1. The van der Waals surface area contributed by atoms with Crippen LogP contribution in [0.15, 0.2) is 18.3 Å². The molecule has 0 aliphatic carbocycles. The number of nitrogens with zero attached hydrogens (tertiary/aromatic N) is 1. The minimum atomic E-state index is 0.136. The monoisotopic (exact) mass is 272 g/mol. The van der Waals surface area contributed by atoms with Gasteiger partial charge in [0.05, 0.1) is 6.54 Å². The highest BCUT2D eigenvalue weighted by molar-refractivity contribution is 9.09. The van der Waals surface area contributed by atoms with Gasteiger partial charge in [-0.15, -0.1) is 0 Å². The van der Waals surface area contributed by atoms with E-state index in [0.29, 0.717) is 13.0 Å². The number of halogens is 1. The van der Waals surface area contributed by atoms with Crippen LogP contribution >= 0.6 is 15.9 Å². The van der Waals surface area contributed by atoms with Crippen molar-refractivity contribution < 1.29 is 4.79 Å². The van der Waals surface area contributed by atoms with Crippen molar-refractivity contribution in [3.05, 3.63) is 24.0 Å². The van der Waals surface area contributed by atoms with Crippen molar-refractivity contribution >= 4 is 21.8 Å². The Kier molecular flexibility index (Phi) is 5.47. The van der Waals surface area contributed by atoms with Gasteiger partial charge >= 0.3 is 0 Å². The summed E-state index contributed by atoms with van der Waals surface area (Å²) in [4.78, 5) is 11.4. The Morgan fingerprint density at radius 1 is 1.53 bits per heavy atom. The van der Waals surface area contributed by atoms with Crippen LogP contribution in [0.3, 0.4) is 0 Å². The molecule has 0 fully saturated rings. The van der Waals surface area contributed by atoms with Gasteiger partial charge in [0, 0.05) is 30.7 Å². The first-order chi connectivity index (χ1) is 7.24. The minimum absolute atomic E-state index is 0.136. The number of hydrogen-bond acceptors (Lipinski definition) is 1. The van der Waals surface area contributed by atoms with E-state index >= 15 is 0 Å². The molecule has 0 atom stereocenters. The molecule has 1 aromatic rings. The van der Waals surface area contributed by atoms with E-state index in [-0.39, 0.29) is 5.91 Å². The minimum Gasteiger partial charge on any atom is -0.353 e. The lowest BCUT2D eigenvalue weighted by Gasteiger charge is -2.05. The number of aryl methyl sites for hydroxylation is 1. The van der Waals surface area contributed by atoms with Gasteiger partial charge in [0.2, 0.25) is 5.91 Å². The zero-order valence-corrected chi connectivity index (χ0v) is 10.6. The van der Waals surface area contributed by atoms with E-state index in [0.717, 1.165) is 23.9 Å². The Bertz CT molecular complexity index is 309. The van der Waals surface area contributed by atoms with Gasteiger partial charge in [-0.3, -0.25) is 4.79 Å².